The molecule has 2 rings (SSSR count). The Morgan fingerprint density at radius 3 is 2.95 bits per heavy atom. The number of esters is 1. The van der Waals surface area contributed by atoms with E-state index >= 15 is 0 Å². The molecule has 1 aliphatic heterocycles. The zero-order chi connectivity index (χ0) is 13.8. The van der Waals surface area contributed by atoms with Gasteiger partial charge >= 0.3 is 5.97 Å². The number of methoxy groups -OCH3 is 1. The minimum Gasteiger partial charge on any atom is -0.469 e. The van der Waals surface area contributed by atoms with E-state index in [1.165, 1.54) is 7.11 Å². The number of hydrogen-bond donors (Lipinski definition) is 1. The molecular weight excluding hydrogens is 285 g/mol. The van der Waals surface area contributed by atoms with Crippen LogP contribution in [0.15, 0.2) is 18.2 Å². The van der Waals surface area contributed by atoms with Gasteiger partial charge in [-0.25, -0.2) is 0 Å². The SMILES string of the molecule is COC(=O)[C@@H]1CNCC[C@H]1Cc1ccc(Cl)cc1Cl. The van der Waals surface area contributed by atoms with E-state index in [1.54, 1.807) is 6.07 Å². The fourth-order valence-corrected chi connectivity index (χ4v) is 3.04. The Labute approximate surface area is 123 Å². The molecule has 5 heteroatoms. The first-order valence-corrected chi connectivity index (χ1v) is 7.10. The summed E-state index contributed by atoms with van der Waals surface area (Å²) in [7, 11) is 1.43. The molecule has 0 unspecified atom stereocenters. The Balaban J connectivity index is 2.13. The number of halogens is 2. The molecule has 2 atom stereocenters. The van der Waals surface area contributed by atoms with Crippen LogP contribution in [0.4, 0.5) is 0 Å². The van der Waals surface area contributed by atoms with Gasteiger partial charge in [0.2, 0.25) is 0 Å². The van der Waals surface area contributed by atoms with Crippen molar-refractivity contribution in [3.8, 4) is 0 Å². The maximum Gasteiger partial charge on any atom is 0.310 e. The molecule has 1 aromatic carbocycles. The number of carbonyl (C=O) groups excluding carboxylic acids is 1. The van der Waals surface area contributed by atoms with Crippen LogP contribution in [0.2, 0.25) is 10.0 Å². The summed E-state index contributed by atoms with van der Waals surface area (Å²) in [4.78, 5) is 11.8. The smallest absolute Gasteiger partial charge is 0.310 e. The molecule has 0 aromatic heterocycles. The second-order valence-corrected chi connectivity index (χ2v) is 5.67. The van der Waals surface area contributed by atoms with Gasteiger partial charge in [-0.15, -0.1) is 0 Å². The van der Waals surface area contributed by atoms with Crippen molar-refractivity contribution in [2.75, 3.05) is 20.2 Å². The molecule has 0 bridgehead atoms. The highest BCUT2D eigenvalue weighted by molar-refractivity contribution is 6.35. The van der Waals surface area contributed by atoms with Crippen molar-refractivity contribution in [2.24, 2.45) is 11.8 Å². The highest BCUT2D eigenvalue weighted by Crippen LogP contribution is 2.29. The molecule has 0 saturated carbocycles. The number of nitrogens with one attached hydrogen (secondary N) is 1. The van der Waals surface area contributed by atoms with E-state index in [2.05, 4.69) is 5.32 Å². The van der Waals surface area contributed by atoms with E-state index in [0.717, 1.165) is 24.9 Å². The summed E-state index contributed by atoms with van der Waals surface area (Å²) in [6.45, 7) is 1.59. The van der Waals surface area contributed by atoms with Gasteiger partial charge in [0.25, 0.3) is 0 Å². The molecule has 1 heterocycles. The van der Waals surface area contributed by atoms with Gasteiger partial charge in [0.15, 0.2) is 0 Å². The molecule has 0 aliphatic carbocycles. The van der Waals surface area contributed by atoms with Crippen LogP contribution in [-0.2, 0) is 16.0 Å². The summed E-state index contributed by atoms with van der Waals surface area (Å²) in [6, 6.07) is 5.50. The van der Waals surface area contributed by atoms with E-state index in [1.807, 2.05) is 12.1 Å². The Hall–Kier alpha value is -0.770. The van der Waals surface area contributed by atoms with Gasteiger partial charge in [-0.2, -0.15) is 0 Å². The lowest BCUT2D eigenvalue weighted by Gasteiger charge is -2.30. The van der Waals surface area contributed by atoms with Crippen LogP contribution in [-0.4, -0.2) is 26.2 Å². The second-order valence-electron chi connectivity index (χ2n) is 4.82. The van der Waals surface area contributed by atoms with Crippen molar-refractivity contribution in [3.05, 3.63) is 33.8 Å². The van der Waals surface area contributed by atoms with Gasteiger partial charge in [0.05, 0.1) is 13.0 Å². The number of hydrogen-bond acceptors (Lipinski definition) is 3. The predicted molar refractivity (Wildman–Crippen MR) is 76.6 cm³/mol. The fourth-order valence-electron chi connectivity index (χ4n) is 2.55. The zero-order valence-corrected chi connectivity index (χ0v) is 12.3. The lowest BCUT2D eigenvalue weighted by Crippen LogP contribution is -2.42. The summed E-state index contributed by atoms with van der Waals surface area (Å²) < 4.78 is 4.87. The van der Waals surface area contributed by atoms with Crippen LogP contribution >= 0.6 is 23.2 Å². The zero-order valence-electron chi connectivity index (χ0n) is 10.8. The quantitative estimate of drug-likeness (QED) is 0.873. The van der Waals surface area contributed by atoms with Gasteiger partial charge in [0.1, 0.15) is 0 Å². The van der Waals surface area contributed by atoms with Gasteiger partial charge in [-0.1, -0.05) is 29.3 Å². The van der Waals surface area contributed by atoms with E-state index in [0.29, 0.717) is 16.6 Å². The Bertz CT molecular complexity index is 465. The predicted octanol–water partition coefficient (Wildman–Crippen LogP) is 2.93. The summed E-state index contributed by atoms with van der Waals surface area (Å²) >= 11 is 12.1. The van der Waals surface area contributed by atoms with Crippen LogP contribution in [0.3, 0.4) is 0 Å². The van der Waals surface area contributed by atoms with E-state index < -0.39 is 0 Å². The van der Waals surface area contributed by atoms with Crippen molar-refractivity contribution in [1.29, 1.82) is 0 Å². The van der Waals surface area contributed by atoms with Gasteiger partial charge in [-0.3, -0.25) is 4.79 Å². The third kappa shape index (κ3) is 3.62. The van der Waals surface area contributed by atoms with Crippen LogP contribution in [0.1, 0.15) is 12.0 Å². The average molecular weight is 302 g/mol. The number of rotatable bonds is 3. The molecule has 1 N–H and O–H groups in total. The first-order valence-electron chi connectivity index (χ1n) is 6.34. The van der Waals surface area contributed by atoms with E-state index in [9.17, 15) is 4.79 Å². The van der Waals surface area contributed by atoms with E-state index in [-0.39, 0.29) is 17.8 Å². The maximum absolute atomic E-state index is 11.8. The first-order chi connectivity index (χ1) is 9.11. The van der Waals surface area contributed by atoms with Gasteiger partial charge < -0.3 is 10.1 Å². The molecule has 0 radical (unpaired) electrons. The minimum atomic E-state index is -0.151. The summed E-state index contributed by atoms with van der Waals surface area (Å²) in [5, 5.41) is 4.52. The molecule has 0 spiro atoms. The molecule has 1 saturated heterocycles. The molecule has 1 fully saturated rings. The van der Waals surface area contributed by atoms with Gasteiger partial charge in [0, 0.05) is 16.6 Å². The van der Waals surface area contributed by atoms with Crippen molar-refractivity contribution < 1.29 is 9.53 Å². The Morgan fingerprint density at radius 2 is 2.26 bits per heavy atom. The Kier molecular flexibility index (Phi) is 5.08. The monoisotopic (exact) mass is 301 g/mol. The van der Waals surface area contributed by atoms with Crippen molar-refractivity contribution in [1.82, 2.24) is 5.32 Å². The summed E-state index contributed by atoms with van der Waals surface area (Å²) in [5.41, 5.74) is 1.03. The lowest BCUT2D eigenvalue weighted by atomic mass is 9.82. The Morgan fingerprint density at radius 1 is 1.47 bits per heavy atom. The molecule has 3 nitrogen and oxygen atoms in total. The standard InChI is InChI=1S/C14H17Cl2NO2/c1-19-14(18)12-8-17-5-4-9(12)6-10-2-3-11(15)7-13(10)16/h2-3,7,9,12,17H,4-6,8H2,1H3/t9-,12+/m0/s1. The highest BCUT2D eigenvalue weighted by Gasteiger charge is 2.31. The van der Waals surface area contributed by atoms with Crippen LogP contribution in [0, 0.1) is 11.8 Å². The van der Waals surface area contributed by atoms with Crippen LogP contribution < -0.4 is 5.32 Å². The summed E-state index contributed by atoms with van der Waals surface area (Å²) in [5.74, 6) is 0.000145. The van der Waals surface area contributed by atoms with Crippen molar-refractivity contribution in [3.63, 3.8) is 0 Å². The van der Waals surface area contributed by atoms with E-state index in [4.69, 9.17) is 27.9 Å². The second kappa shape index (κ2) is 6.60. The largest absolute Gasteiger partial charge is 0.469 e. The molecule has 1 aliphatic rings. The number of piperidine rings is 1. The third-order valence-electron chi connectivity index (χ3n) is 3.63. The number of benzene rings is 1. The fraction of sp³-hybridized carbons (Fsp3) is 0.500. The average Bonchev–Trinajstić information content (AvgIpc) is 2.41. The van der Waals surface area contributed by atoms with Crippen LogP contribution in [0.25, 0.3) is 0 Å². The molecule has 19 heavy (non-hydrogen) atoms. The minimum absolute atomic E-state index is 0.106. The van der Waals surface area contributed by atoms with Crippen LogP contribution in [0.5, 0.6) is 0 Å². The molecule has 104 valence electrons. The van der Waals surface area contributed by atoms with Gasteiger partial charge in [-0.05, 0) is 43.0 Å². The lowest BCUT2D eigenvalue weighted by molar-refractivity contribution is -0.148. The number of ether oxygens (including phenoxy) is 1. The third-order valence-corrected chi connectivity index (χ3v) is 4.21. The first kappa shape index (κ1) is 14.6. The maximum atomic E-state index is 11.8. The topological polar surface area (TPSA) is 38.3 Å². The molecule has 0 amide bonds. The van der Waals surface area contributed by atoms with Crippen molar-refractivity contribution in [2.45, 2.75) is 12.8 Å². The summed E-state index contributed by atoms with van der Waals surface area (Å²) in [6.07, 6.45) is 1.72. The number of carbonyl (C=O) groups is 1. The normalized spacial score (nSPS) is 23.1. The molecular formula is C14H17Cl2NO2. The molecule has 1 aromatic rings. The highest BCUT2D eigenvalue weighted by atomic mass is 35.5. The van der Waals surface area contributed by atoms with Crippen molar-refractivity contribution >= 4 is 29.2 Å².